The fourth-order valence-corrected chi connectivity index (χ4v) is 3.84. The molecule has 1 saturated carbocycles. The Bertz CT molecular complexity index is 819. The molecule has 0 atom stereocenters. The van der Waals surface area contributed by atoms with Gasteiger partial charge in [-0.05, 0) is 25.7 Å². The van der Waals surface area contributed by atoms with E-state index in [1.807, 2.05) is 11.8 Å². The van der Waals surface area contributed by atoms with Crippen molar-refractivity contribution in [2.24, 2.45) is 5.92 Å². The molecule has 1 N–H and O–H groups in total. The van der Waals surface area contributed by atoms with Gasteiger partial charge in [0.05, 0.1) is 0 Å². The van der Waals surface area contributed by atoms with Gasteiger partial charge in [-0.15, -0.1) is 5.10 Å². The number of carbonyl (C=O) groups excluding carboxylic acids is 1. The molecular weight excluding hydrogens is 328 g/mol. The highest BCUT2D eigenvalue weighted by Crippen LogP contribution is 2.27. The Morgan fingerprint density at radius 1 is 1.33 bits per heavy atom. The second-order valence-electron chi connectivity index (χ2n) is 6.42. The molecule has 0 radical (unpaired) electrons. The van der Waals surface area contributed by atoms with Gasteiger partial charge in [0.1, 0.15) is 0 Å². The number of nitrogens with zero attached hydrogens (tertiary/aromatic N) is 5. The summed E-state index contributed by atoms with van der Waals surface area (Å²) in [6, 6.07) is 1.52. The van der Waals surface area contributed by atoms with Gasteiger partial charge < -0.3 is 15.1 Å². The van der Waals surface area contributed by atoms with Crippen molar-refractivity contribution in [3.05, 3.63) is 22.1 Å². The lowest BCUT2D eigenvalue weighted by atomic mass is 10.3. The van der Waals surface area contributed by atoms with Crippen LogP contribution in [0.25, 0.3) is 4.96 Å². The molecule has 0 bridgehead atoms. The third kappa shape index (κ3) is 3.08. The van der Waals surface area contributed by atoms with E-state index in [1.165, 1.54) is 30.2 Å². The lowest BCUT2D eigenvalue weighted by Crippen LogP contribution is -2.52. The zero-order valence-corrected chi connectivity index (χ0v) is 14.4. The second kappa shape index (κ2) is 6.04. The molecule has 2 aliphatic rings. The molecule has 0 spiro atoms. The number of aryl methyl sites for hydroxylation is 1. The van der Waals surface area contributed by atoms with Crippen molar-refractivity contribution in [3.63, 3.8) is 0 Å². The average molecular weight is 348 g/mol. The van der Waals surface area contributed by atoms with Gasteiger partial charge in [0, 0.05) is 44.5 Å². The number of carbonyl (C=O) groups is 1. The van der Waals surface area contributed by atoms with Crippen molar-refractivity contribution in [2.75, 3.05) is 37.6 Å². The van der Waals surface area contributed by atoms with Crippen LogP contribution in [0.15, 0.2) is 10.9 Å². The van der Waals surface area contributed by atoms with Crippen LogP contribution in [-0.2, 0) is 0 Å². The Hall–Kier alpha value is -2.16. The summed E-state index contributed by atoms with van der Waals surface area (Å²) in [6.45, 7) is 5.48. The Balaban J connectivity index is 1.41. The zero-order chi connectivity index (χ0) is 16.7. The first-order valence-corrected chi connectivity index (χ1v) is 9.07. The number of urea groups is 1. The number of aromatic nitrogens is 3. The zero-order valence-electron chi connectivity index (χ0n) is 13.6. The molecule has 24 heavy (non-hydrogen) atoms. The van der Waals surface area contributed by atoms with Crippen LogP contribution in [0.5, 0.6) is 0 Å². The maximum Gasteiger partial charge on any atom is 0.317 e. The van der Waals surface area contributed by atoms with Gasteiger partial charge in [0.25, 0.3) is 5.56 Å². The van der Waals surface area contributed by atoms with E-state index in [0.29, 0.717) is 24.0 Å². The minimum atomic E-state index is -0.236. The Kier molecular flexibility index (Phi) is 3.87. The van der Waals surface area contributed by atoms with Crippen LogP contribution >= 0.6 is 11.3 Å². The molecule has 8 nitrogen and oxygen atoms in total. The summed E-state index contributed by atoms with van der Waals surface area (Å²) in [7, 11) is 0. The number of amides is 2. The lowest BCUT2D eigenvalue weighted by molar-refractivity contribution is 0.194. The second-order valence-corrected chi connectivity index (χ2v) is 7.35. The molecule has 3 heterocycles. The number of anilines is 1. The van der Waals surface area contributed by atoms with Crippen LogP contribution in [-0.4, -0.2) is 58.3 Å². The van der Waals surface area contributed by atoms with E-state index in [4.69, 9.17) is 0 Å². The van der Waals surface area contributed by atoms with Crippen LogP contribution in [0.1, 0.15) is 18.5 Å². The quantitative estimate of drug-likeness (QED) is 0.883. The maximum atomic E-state index is 12.1. The number of hydrogen-bond donors (Lipinski definition) is 1. The average Bonchev–Trinajstić information content (AvgIpc) is 3.30. The summed E-state index contributed by atoms with van der Waals surface area (Å²) in [6.07, 6.45) is 2.48. The van der Waals surface area contributed by atoms with Gasteiger partial charge in [-0.25, -0.2) is 9.31 Å². The van der Waals surface area contributed by atoms with E-state index in [0.717, 1.165) is 30.5 Å². The highest BCUT2D eigenvalue weighted by Gasteiger charge is 2.26. The molecule has 2 aromatic rings. The number of nitrogens with one attached hydrogen (secondary N) is 1. The normalized spacial score (nSPS) is 18.2. The van der Waals surface area contributed by atoms with Gasteiger partial charge in [-0.2, -0.15) is 4.98 Å². The van der Waals surface area contributed by atoms with Crippen molar-refractivity contribution in [1.29, 1.82) is 0 Å². The standard InChI is InChI=1S/C15H20N6O2S/c1-10-8-12(22)17-14-21(10)18-15(24-14)20-6-4-19(5-7-20)13(23)16-9-11-2-3-11/h8,11H,2-7,9H2,1H3,(H,16,23). The van der Waals surface area contributed by atoms with E-state index in [1.54, 1.807) is 4.52 Å². The summed E-state index contributed by atoms with van der Waals surface area (Å²) in [5, 5.41) is 8.41. The molecule has 2 aromatic heterocycles. The summed E-state index contributed by atoms with van der Waals surface area (Å²) < 4.78 is 1.70. The summed E-state index contributed by atoms with van der Waals surface area (Å²) in [5.41, 5.74) is 0.547. The molecule has 2 amide bonds. The predicted molar refractivity (Wildman–Crippen MR) is 91.8 cm³/mol. The number of hydrogen-bond acceptors (Lipinski definition) is 6. The predicted octanol–water partition coefficient (Wildman–Crippen LogP) is 0.701. The van der Waals surface area contributed by atoms with E-state index >= 15 is 0 Å². The first-order valence-electron chi connectivity index (χ1n) is 8.25. The van der Waals surface area contributed by atoms with Crippen LogP contribution < -0.4 is 15.8 Å². The van der Waals surface area contributed by atoms with E-state index in [-0.39, 0.29) is 11.6 Å². The van der Waals surface area contributed by atoms with Crippen molar-refractivity contribution < 1.29 is 4.79 Å². The van der Waals surface area contributed by atoms with E-state index < -0.39 is 0 Å². The Labute approximate surface area is 143 Å². The molecule has 128 valence electrons. The van der Waals surface area contributed by atoms with E-state index in [2.05, 4.69) is 20.3 Å². The largest absolute Gasteiger partial charge is 0.343 e. The number of piperazine rings is 1. The van der Waals surface area contributed by atoms with Gasteiger partial charge >= 0.3 is 6.03 Å². The smallest absolute Gasteiger partial charge is 0.317 e. The maximum absolute atomic E-state index is 12.1. The molecule has 1 aliphatic carbocycles. The van der Waals surface area contributed by atoms with Gasteiger partial charge in [-0.1, -0.05) is 11.3 Å². The molecule has 2 fully saturated rings. The van der Waals surface area contributed by atoms with Crippen molar-refractivity contribution >= 4 is 27.5 Å². The fourth-order valence-electron chi connectivity index (χ4n) is 2.83. The van der Waals surface area contributed by atoms with Crippen molar-refractivity contribution in [2.45, 2.75) is 19.8 Å². The van der Waals surface area contributed by atoms with Crippen LogP contribution in [0.3, 0.4) is 0 Å². The van der Waals surface area contributed by atoms with Gasteiger partial charge in [0.2, 0.25) is 10.1 Å². The minimum Gasteiger partial charge on any atom is -0.343 e. The highest BCUT2D eigenvalue weighted by atomic mass is 32.1. The number of fused-ring (bicyclic) bond motifs is 1. The van der Waals surface area contributed by atoms with Gasteiger partial charge in [0.15, 0.2) is 0 Å². The van der Waals surface area contributed by atoms with Crippen molar-refractivity contribution in [3.8, 4) is 0 Å². The third-order valence-corrected chi connectivity index (χ3v) is 5.47. The Morgan fingerprint density at radius 2 is 2.08 bits per heavy atom. The summed E-state index contributed by atoms with van der Waals surface area (Å²) in [5.74, 6) is 0.691. The molecule has 9 heteroatoms. The lowest BCUT2D eigenvalue weighted by Gasteiger charge is -2.34. The van der Waals surface area contributed by atoms with Crippen LogP contribution in [0.4, 0.5) is 9.93 Å². The molecule has 0 unspecified atom stereocenters. The van der Waals surface area contributed by atoms with E-state index in [9.17, 15) is 9.59 Å². The molecule has 0 aromatic carbocycles. The monoisotopic (exact) mass is 348 g/mol. The van der Waals surface area contributed by atoms with Crippen molar-refractivity contribution in [1.82, 2.24) is 24.8 Å². The van der Waals surface area contributed by atoms with Crippen LogP contribution in [0.2, 0.25) is 0 Å². The topological polar surface area (TPSA) is 82.8 Å². The summed E-state index contributed by atoms with van der Waals surface area (Å²) in [4.78, 5) is 32.3. The molecule has 1 saturated heterocycles. The fraction of sp³-hybridized carbons (Fsp3) is 0.600. The Morgan fingerprint density at radius 3 is 2.79 bits per heavy atom. The van der Waals surface area contributed by atoms with Gasteiger partial charge in [-0.3, -0.25) is 4.79 Å². The molecule has 1 aliphatic heterocycles. The SMILES string of the molecule is Cc1cc(=O)nc2sc(N3CCN(C(=O)NCC4CC4)CC3)nn12. The molecular formula is C15H20N6O2S. The van der Waals surface area contributed by atoms with Crippen LogP contribution in [0, 0.1) is 12.8 Å². The first kappa shape index (κ1) is 15.4. The summed E-state index contributed by atoms with van der Waals surface area (Å²) >= 11 is 1.41. The third-order valence-electron chi connectivity index (χ3n) is 4.50. The number of rotatable bonds is 3. The minimum absolute atomic E-state index is 0.0359. The highest BCUT2D eigenvalue weighted by molar-refractivity contribution is 7.20. The first-order chi connectivity index (χ1) is 11.6. The molecule has 4 rings (SSSR count).